The Morgan fingerprint density at radius 2 is 1.59 bits per heavy atom. The minimum Gasteiger partial charge on any atom is -0.457 e. The number of fused-ring (bicyclic) bond motifs is 2. The fourth-order valence-electron chi connectivity index (χ4n) is 3.93. The summed E-state index contributed by atoms with van der Waals surface area (Å²) >= 11 is 0. The molecular formula is C21H23N3O3. The number of carbonyl (C=O) groups is 2. The maximum Gasteiger partial charge on any atom is 0.251 e. The molecule has 2 bridgehead atoms. The van der Waals surface area contributed by atoms with Crippen molar-refractivity contribution in [1.82, 2.24) is 10.2 Å². The lowest BCUT2D eigenvalue weighted by Crippen LogP contribution is -2.46. The Balaban J connectivity index is 1.35. The van der Waals surface area contributed by atoms with Crippen molar-refractivity contribution >= 4 is 11.8 Å². The molecule has 2 amide bonds. The molecule has 0 spiro atoms. The van der Waals surface area contributed by atoms with Gasteiger partial charge in [-0.1, -0.05) is 0 Å². The SMILES string of the molecule is NC(=O)c1ccc(Oc2ccc(C(=O)N[C@@H]3C[C@H]4CCN(C4)C3)cc2)cc1. The summed E-state index contributed by atoms with van der Waals surface area (Å²) < 4.78 is 5.74. The highest BCUT2D eigenvalue weighted by molar-refractivity contribution is 5.94. The van der Waals surface area contributed by atoms with Gasteiger partial charge in [0.05, 0.1) is 0 Å². The van der Waals surface area contributed by atoms with E-state index in [1.807, 2.05) is 0 Å². The first kappa shape index (κ1) is 17.5. The Kier molecular flexibility index (Phi) is 4.81. The van der Waals surface area contributed by atoms with Crippen LogP contribution in [-0.4, -0.2) is 42.4 Å². The summed E-state index contributed by atoms with van der Waals surface area (Å²) in [6.45, 7) is 3.28. The van der Waals surface area contributed by atoms with E-state index in [0.717, 1.165) is 25.4 Å². The van der Waals surface area contributed by atoms with Crippen molar-refractivity contribution < 1.29 is 14.3 Å². The number of hydrogen-bond donors (Lipinski definition) is 2. The number of carbonyl (C=O) groups excluding carboxylic acids is 2. The molecule has 3 N–H and O–H groups in total. The molecular weight excluding hydrogens is 342 g/mol. The van der Waals surface area contributed by atoms with Gasteiger partial charge in [-0.05, 0) is 73.8 Å². The monoisotopic (exact) mass is 365 g/mol. The van der Waals surface area contributed by atoms with Crippen LogP contribution in [-0.2, 0) is 0 Å². The number of amides is 2. The first-order valence-corrected chi connectivity index (χ1v) is 9.28. The molecule has 2 aromatic carbocycles. The predicted molar refractivity (Wildman–Crippen MR) is 102 cm³/mol. The summed E-state index contributed by atoms with van der Waals surface area (Å²) in [4.78, 5) is 26.0. The van der Waals surface area contributed by atoms with Crippen LogP contribution in [0.3, 0.4) is 0 Å². The van der Waals surface area contributed by atoms with Crippen molar-refractivity contribution in [2.45, 2.75) is 18.9 Å². The van der Waals surface area contributed by atoms with E-state index in [9.17, 15) is 9.59 Å². The van der Waals surface area contributed by atoms with Crippen LogP contribution in [0, 0.1) is 5.92 Å². The minimum atomic E-state index is -0.473. The number of piperidine rings is 1. The molecule has 2 aliphatic rings. The number of rotatable bonds is 5. The van der Waals surface area contributed by atoms with Crippen molar-refractivity contribution in [2.75, 3.05) is 19.6 Å². The van der Waals surface area contributed by atoms with Gasteiger partial charge in [-0.3, -0.25) is 9.59 Å². The minimum absolute atomic E-state index is 0.0418. The average Bonchev–Trinajstić information content (AvgIpc) is 3.01. The third-order valence-electron chi connectivity index (χ3n) is 5.29. The van der Waals surface area contributed by atoms with Crippen LogP contribution in [0.5, 0.6) is 11.5 Å². The molecule has 2 aromatic rings. The van der Waals surface area contributed by atoms with Crippen LogP contribution < -0.4 is 15.8 Å². The molecule has 140 valence electrons. The van der Waals surface area contributed by atoms with Gasteiger partial charge in [0, 0.05) is 30.3 Å². The maximum atomic E-state index is 12.5. The Morgan fingerprint density at radius 1 is 0.963 bits per heavy atom. The van der Waals surface area contributed by atoms with E-state index in [-0.39, 0.29) is 11.9 Å². The van der Waals surface area contributed by atoms with E-state index in [1.165, 1.54) is 13.0 Å². The molecule has 0 radical (unpaired) electrons. The van der Waals surface area contributed by atoms with Crippen LogP contribution in [0.4, 0.5) is 0 Å². The lowest BCUT2D eigenvalue weighted by Gasteiger charge is -2.30. The van der Waals surface area contributed by atoms with Gasteiger partial charge >= 0.3 is 0 Å². The van der Waals surface area contributed by atoms with E-state index < -0.39 is 5.91 Å². The first-order chi connectivity index (χ1) is 13.1. The van der Waals surface area contributed by atoms with Crippen molar-refractivity contribution in [3.8, 4) is 11.5 Å². The summed E-state index contributed by atoms with van der Waals surface area (Å²) in [7, 11) is 0. The van der Waals surface area contributed by atoms with Crippen LogP contribution in [0.25, 0.3) is 0 Å². The third-order valence-corrected chi connectivity index (χ3v) is 5.29. The van der Waals surface area contributed by atoms with E-state index in [0.29, 0.717) is 22.6 Å². The van der Waals surface area contributed by atoms with Crippen molar-refractivity contribution in [1.29, 1.82) is 0 Å². The zero-order chi connectivity index (χ0) is 18.8. The van der Waals surface area contributed by atoms with E-state index in [4.69, 9.17) is 10.5 Å². The Morgan fingerprint density at radius 3 is 2.19 bits per heavy atom. The molecule has 2 heterocycles. The molecule has 6 heteroatoms. The summed E-state index contributed by atoms with van der Waals surface area (Å²) in [6, 6.07) is 13.9. The Hall–Kier alpha value is -2.86. The standard InChI is InChI=1S/C21H23N3O3/c22-20(25)15-1-5-18(6-2-15)27-19-7-3-16(4-8-19)21(26)23-17-11-14-9-10-24(12-14)13-17/h1-8,14,17H,9-13H2,(H2,22,25)(H,23,26)/t14-,17-/m1/s1. The topological polar surface area (TPSA) is 84.7 Å². The number of nitrogens with two attached hydrogens (primary N) is 1. The van der Waals surface area contributed by atoms with E-state index >= 15 is 0 Å². The van der Waals surface area contributed by atoms with Crippen molar-refractivity contribution in [3.05, 3.63) is 59.7 Å². The average molecular weight is 365 g/mol. The smallest absolute Gasteiger partial charge is 0.251 e. The molecule has 0 saturated carbocycles. The summed E-state index contributed by atoms with van der Waals surface area (Å²) in [6.07, 6.45) is 2.32. The van der Waals surface area contributed by atoms with Gasteiger partial charge in [0.15, 0.2) is 0 Å². The lowest BCUT2D eigenvalue weighted by atomic mass is 9.96. The summed E-state index contributed by atoms with van der Waals surface area (Å²) in [5.41, 5.74) is 6.28. The second-order valence-corrected chi connectivity index (χ2v) is 7.34. The second-order valence-electron chi connectivity index (χ2n) is 7.34. The van der Waals surface area contributed by atoms with Crippen LogP contribution in [0.15, 0.2) is 48.5 Å². The van der Waals surface area contributed by atoms with Crippen LogP contribution >= 0.6 is 0 Å². The van der Waals surface area contributed by atoms with Gasteiger partial charge in [-0.25, -0.2) is 0 Å². The molecule has 6 nitrogen and oxygen atoms in total. The molecule has 3 atom stereocenters. The lowest BCUT2D eigenvalue weighted by molar-refractivity contribution is 0.0908. The molecule has 2 saturated heterocycles. The van der Waals surface area contributed by atoms with E-state index in [2.05, 4.69) is 10.2 Å². The predicted octanol–water partition coefficient (Wildman–Crippen LogP) is 2.40. The molecule has 27 heavy (non-hydrogen) atoms. The number of nitrogens with zero attached hydrogens (tertiary/aromatic N) is 1. The highest BCUT2D eigenvalue weighted by Crippen LogP contribution is 2.27. The zero-order valence-electron chi connectivity index (χ0n) is 15.1. The van der Waals surface area contributed by atoms with Crippen LogP contribution in [0.1, 0.15) is 33.6 Å². The molecule has 2 aliphatic heterocycles. The van der Waals surface area contributed by atoms with Crippen molar-refractivity contribution in [2.24, 2.45) is 11.7 Å². The van der Waals surface area contributed by atoms with Gasteiger partial charge in [-0.2, -0.15) is 0 Å². The number of nitrogens with one attached hydrogen (secondary N) is 1. The molecule has 2 fully saturated rings. The molecule has 4 rings (SSSR count). The fourth-order valence-corrected chi connectivity index (χ4v) is 3.93. The quantitative estimate of drug-likeness (QED) is 0.852. The van der Waals surface area contributed by atoms with Gasteiger partial charge < -0.3 is 20.7 Å². The van der Waals surface area contributed by atoms with Crippen LogP contribution in [0.2, 0.25) is 0 Å². The molecule has 0 aliphatic carbocycles. The van der Waals surface area contributed by atoms with Gasteiger partial charge in [0.1, 0.15) is 11.5 Å². The fraction of sp³-hybridized carbons (Fsp3) is 0.333. The zero-order valence-corrected chi connectivity index (χ0v) is 15.1. The first-order valence-electron chi connectivity index (χ1n) is 9.28. The van der Waals surface area contributed by atoms with Gasteiger partial charge in [0.25, 0.3) is 5.91 Å². The third kappa shape index (κ3) is 4.11. The highest BCUT2D eigenvalue weighted by atomic mass is 16.5. The van der Waals surface area contributed by atoms with E-state index in [1.54, 1.807) is 48.5 Å². The molecule has 1 unspecified atom stereocenters. The summed E-state index contributed by atoms with van der Waals surface area (Å²) in [5.74, 6) is 1.43. The highest BCUT2D eigenvalue weighted by Gasteiger charge is 2.32. The Labute approximate surface area is 158 Å². The normalized spacial score (nSPS) is 23.6. The Bertz CT molecular complexity index is 821. The number of hydrogen-bond acceptors (Lipinski definition) is 4. The summed E-state index contributed by atoms with van der Waals surface area (Å²) in [5, 5.41) is 3.16. The largest absolute Gasteiger partial charge is 0.457 e. The second kappa shape index (κ2) is 7.40. The number of ether oxygens (including phenoxy) is 1. The number of primary amides is 1. The van der Waals surface area contributed by atoms with Gasteiger partial charge in [0.2, 0.25) is 5.91 Å². The number of benzene rings is 2. The van der Waals surface area contributed by atoms with Gasteiger partial charge in [-0.15, -0.1) is 0 Å². The maximum absolute atomic E-state index is 12.5. The van der Waals surface area contributed by atoms with Crippen molar-refractivity contribution in [3.63, 3.8) is 0 Å². The molecule has 0 aromatic heterocycles.